The maximum Gasteiger partial charge on any atom is 0.212 e. The Bertz CT molecular complexity index is 887. The van der Waals surface area contributed by atoms with E-state index < -0.39 is 0 Å². The second-order valence-electron chi connectivity index (χ2n) is 4.54. The Morgan fingerprint density at radius 1 is 1.14 bits per heavy atom. The van der Waals surface area contributed by atoms with Crippen LogP contribution in [0.1, 0.15) is 4.88 Å². The van der Waals surface area contributed by atoms with E-state index in [1.807, 2.05) is 36.4 Å². The minimum atomic E-state index is 0.731. The van der Waals surface area contributed by atoms with E-state index in [9.17, 15) is 0 Å². The lowest BCUT2D eigenvalue weighted by molar-refractivity contribution is 0.762. The Kier molecular flexibility index (Phi) is 3.81. The molecule has 4 nitrogen and oxygen atoms in total. The predicted molar refractivity (Wildman–Crippen MR) is 95.1 cm³/mol. The zero-order valence-corrected chi connectivity index (χ0v) is 15.0. The monoisotopic (exact) mass is 410 g/mol. The third-order valence-electron chi connectivity index (χ3n) is 3.14. The smallest absolute Gasteiger partial charge is 0.186 e. The highest BCUT2D eigenvalue weighted by molar-refractivity contribution is 9.10. The van der Waals surface area contributed by atoms with Gasteiger partial charge >= 0.3 is 0 Å². The molecule has 1 aliphatic rings. The number of thiophene rings is 1. The Labute approximate surface area is 148 Å². The summed E-state index contributed by atoms with van der Waals surface area (Å²) in [6.07, 6.45) is 0. The molecule has 22 heavy (non-hydrogen) atoms. The van der Waals surface area contributed by atoms with Gasteiger partial charge in [-0.2, -0.15) is 9.78 Å². The first kappa shape index (κ1) is 14.4. The number of hydrogen-bond acceptors (Lipinski definition) is 5. The number of halogens is 2. The van der Waals surface area contributed by atoms with Gasteiger partial charge in [0.15, 0.2) is 5.82 Å². The van der Waals surface area contributed by atoms with Crippen molar-refractivity contribution in [3.05, 3.63) is 50.1 Å². The summed E-state index contributed by atoms with van der Waals surface area (Å²) in [7, 11) is 0. The van der Waals surface area contributed by atoms with Gasteiger partial charge in [0.2, 0.25) is 5.16 Å². The molecular weight excluding hydrogens is 404 g/mol. The Hall–Kier alpha value is -1.15. The number of benzene rings is 1. The number of aromatic nitrogens is 3. The van der Waals surface area contributed by atoms with Crippen molar-refractivity contribution in [2.75, 3.05) is 5.75 Å². The molecule has 0 atom stereocenters. The lowest BCUT2D eigenvalue weighted by atomic mass is 10.2. The van der Waals surface area contributed by atoms with E-state index in [0.717, 1.165) is 41.7 Å². The summed E-state index contributed by atoms with van der Waals surface area (Å²) in [5, 5.41) is 14.1. The first-order valence-corrected chi connectivity index (χ1v) is 9.36. The van der Waals surface area contributed by atoms with Gasteiger partial charge in [-0.1, -0.05) is 51.4 Å². The van der Waals surface area contributed by atoms with Gasteiger partial charge in [0.1, 0.15) is 0 Å². The van der Waals surface area contributed by atoms with Crippen LogP contribution in [0.25, 0.3) is 11.4 Å². The van der Waals surface area contributed by atoms with Gasteiger partial charge in [-0.05, 0) is 24.3 Å². The van der Waals surface area contributed by atoms with Crippen molar-refractivity contribution in [2.45, 2.75) is 5.16 Å². The number of thioether (sulfide) groups is 1. The molecule has 1 aliphatic heterocycles. The molecule has 3 aromatic rings. The van der Waals surface area contributed by atoms with Gasteiger partial charge in [0, 0.05) is 15.8 Å². The normalized spacial score (nSPS) is 13.8. The highest BCUT2D eigenvalue weighted by Gasteiger charge is 2.22. The van der Waals surface area contributed by atoms with Gasteiger partial charge in [-0.25, -0.2) is 0 Å². The molecular formula is C14H8BrClN4S2. The maximum absolute atomic E-state index is 6.03. The summed E-state index contributed by atoms with van der Waals surface area (Å²) in [5.74, 6) is 1.50. The van der Waals surface area contributed by atoms with Gasteiger partial charge in [0.05, 0.1) is 14.9 Å². The minimum absolute atomic E-state index is 0.731. The van der Waals surface area contributed by atoms with Crippen LogP contribution in [0.4, 0.5) is 0 Å². The Morgan fingerprint density at radius 2 is 2.00 bits per heavy atom. The molecule has 0 bridgehead atoms. The topological polar surface area (TPSA) is 43.1 Å². The van der Waals surface area contributed by atoms with E-state index in [1.165, 1.54) is 11.3 Å². The maximum atomic E-state index is 6.03. The van der Waals surface area contributed by atoms with Crippen LogP contribution in [0.3, 0.4) is 0 Å². The van der Waals surface area contributed by atoms with Crippen LogP contribution in [0.15, 0.2) is 51.1 Å². The van der Waals surface area contributed by atoms with Crippen LogP contribution in [-0.4, -0.2) is 26.3 Å². The fourth-order valence-corrected chi connectivity index (χ4v) is 4.53. The van der Waals surface area contributed by atoms with Crippen LogP contribution in [0, 0.1) is 0 Å². The standard InChI is InChI=1S/C14H8BrClN4S2/c15-9-4-2-1-3-8(9)13-17-18-14-20(13)19-10(7-21-14)11-5-6-12(16)22-11/h1-6H,7H2. The third kappa shape index (κ3) is 2.52. The summed E-state index contributed by atoms with van der Waals surface area (Å²) in [6.45, 7) is 0. The average molecular weight is 412 g/mol. The fraction of sp³-hybridized carbons (Fsp3) is 0.0714. The molecule has 0 spiro atoms. The zero-order chi connectivity index (χ0) is 15.1. The lowest BCUT2D eigenvalue weighted by Crippen LogP contribution is -2.12. The highest BCUT2D eigenvalue weighted by atomic mass is 79.9. The molecule has 0 amide bonds. The van der Waals surface area contributed by atoms with Crippen molar-refractivity contribution >= 4 is 56.3 Å². The Balaban J connectivity index is 1.83. The van der Waals surface area contributed by atoms with Crippen LogP contribution < -0.4 is 0 Å². The summed E-state index contributed by atoms with van der Waals surface area (Å²) >= 11 is 12.7. The van der Waals surface area contributed by atoms with E-state index in [4.69, 9.17) is 16.7 Å². The van der Waals surface area contributed by atoms with Crippen molar-refractivity contribution in [2.24, 2.45) is 5.10 Å². The van der Waals surface area contributed by atoms with Crippen molar-refractivity contribution in [1.82, 2.24) is 14.9 Å². The van der Waals surface area contributed by atoms with Crippen molar-refractivity contribution in [1.29, 1.82) is 0 Å². The molecule has 0 saturated carbocycles. The summed E-state index contributed by atoms with van der Waals surface area (Å²) in [6, 6.07) is 11.8. The number of fused-ring (bicyclic) bond motifs is 1. The average Bonchev–Trinajstić information content (AvgIpc) is 3.13. The molecule has 8 heteroatoms. The summed E-state index contributed by atoms with van der Waals surface area (Å²) < 4.78 is 3.54. The van der Waals surface area contributed by atoms with Crippen molar-refractivity contribution in [3.63, 3.8) is 0 Å². The minimum Gasteiger partial charge on any atom is -0.186 e. The SMILES string of the molecule is Clc1ccc(C2=Nn3c(nnc3-c3ccccc3Br)SC2)s1. The molecule has 4 rings (SSSR count). The van der Waals surface area contributed by atoms with Gasteiger partial charge in [0.25, 0.3) is 0 Å². The fourth-order valence-electron chi connectivity index (χ4n) is 2.13. The molecule has 0 saturated heterocycles. The molecule has 0 N–H and O–H groups in total. The molecule has 0 unspecified atom stereocenters. The molecule has 0 aliphatic carbocycles. The zero-order valence-electron chi connectivity index (χ0n) is 11.0. The van der Waals surface area contributed by atoms with Gasteiger partial charge in [-0.3, -0.25) is 0 Å². The highest BCUT2D eigenvalue weighted by Crippen LogP contribution is 2.33. The second-order valence-corrected chi connectivity index (χ2v) is 8.05. The van der Waals surface area contributed by atoms with E-state index in [2.05, 4.69) is 26.1 Å². The third-order valence-corrected chi connectivity index (χ3v) is 6.05. The van der Waals surface area contributed by atoms with E-state index in [0.29, 0.717) is 0 Å². The second kappa shape index (κ2) is 5.81. The predicted octanol–water partition coefficient (Wildman–Crippen LogP) is 4.78. The number of nitrogens with zero attached hydrogens (tertiary/aromatic N) is 4. The summed E-state index contributed by atoms with van der Waals surface area (Å²) in [5.41, 5.74) is 1.96. The Morgan fingerprint density at radius 3 is 2.77 bits per heavy atom. The van der Waals surface area contributed by atoms with Crippen molar-refractivity contribution in [3.8, 4) is 11.4 Å². The van der Waals surface area contributed by atoms with E-state index in [-0.39, 0.29) is 0 Å². The van der Waals surface area contributed by atoms with Gasteiger partial charge < -0.3 is 0 Å². The molecule has 3 heterocycles. The molecule has 110 valence electrons. The first-order chi connectivity index (χ1) is 10.7. The molecule has 0 radical (unpaired) electrons. The lowest BCUT2D eigenvalue weighted by Gasteiger charge is -2.13. The van der Waals surface area contributed by atoms with Crippen LogP contribution >= 0.6 is 50.6 Å². The van der Waals surface area contributed by atoms with E-state index in [1.54, 1.807) is 16.4 Å². The van der Waals surface area contributed by atoms with Crippen LogP contribution in [-0.2, 0) is 0 Å². The quantitative estimate of drug-likeness (QED) is 0.609. The molecule has 0 fully saturated rings. The largest absolute Gasteiger partial charge is 0.212 e. The number of hydrogen-bond donors (Lipinski definition) is 0. The summed E-state index contributed by atoms with van der Waals surface area (Å²) in [4.78, 5) is 1.08. The van der Waals surface area contributed by atoms with E-state index >= 15 is 0 Å². The first-order valence-electron chi connectivity index (χ1n) is 6.39. The van der Waals surface area contributed by atoms with Crippen LogP contribution in [0.5, 0.6) is 0 Å². The van der Waals surface area contributed by atoms with Gasteiger partial charge in [-0.15, -0.1) is 21.5 Å². The van der Waals surface area contributed by atoms with Crippen LogP contribution in [0.2, 0.25) is 4.34 Å². The van der Waals surface area contributed by atoms with Crippen molar-refractivity contribution < 1.29 is 0 Å². The molecule has 1 aromatic carbocycles. The molecule has 2 aromatic heterocycles. The number of rotatable bonds is 2.